The van der Waals surface area contributed by atoms with Gasteiger partial charge in [0.05, 0.1) is 46.7 Å². The molecular weight excluding hydrogens is 402 g/mol. The van der Waals surface area contributed by atoms with Gasteiger partial charge < -0.3 is 25.8 Å². The number of thiocarbonyl (C=S) groups is 1. The molecule has 0 spiro atoms. The Balaban J connectivity index is 2.31. The van der Waals surface area contributed by atoms with E-state index in [1.54, 1.807) is 18.3 Å². The number of ether oxygens (including phenoxy) is 1. The summed E-state index contributed by atoms with van der Waals surface area (Å²) in [5.74, 6) is -0.0107. The Morgan fingerprint density at radius 2 is 2.04 bits per heavy atom. The third-order valence-corrected chi connectivity index (χ3v) is 4.25. The lowest BCUT2D eigenvalue weighted by atomic mass is 10.1. The average molecular weight is 424 g/mol. The van der Waals surface area contributed by atoms with Gasteiger partial charge in [0.2, 0.25) is 0 Å². The lowest BCUT2D eigenvalue weighted by Gasteiger charge is -2.19. The summed E-state index contributed by atoms with van der Waals surface area (Å²) in [7, 11) is 1.30. The van der Waals surface area contributed by atoms with Gasteiger partial charge in [0.1, 0.15) is 0 Å². The molecule has 2 rings (SSSR count). The molecule has 28 heavy (non-hydrogen) atoms. The lowest BCUT2D eigenvalue weighted by Crippen LogP contribution is -2.23. The van der Waals surface area contributed by atoms with E-state index in [2.05, 4.69) is 25.9 Å². The summed E-state index contributed by atoms with van der Waals surface area (Å²) in [6, 6.07) is 3.14. The number of methoxy groups -OCH3 is 1. The molecule has 1 aromatic heterocycles. The Labute approximate surface area is 173 Å². The second-order valence-corrected chi connectivity index (χ2v) is 6.68. The van der Waals surface area contributed by atoms with Crippen LogP contribution in [0.4, 0.5) is 17.2 Å². The third kappa shape index (κ3) is 5.51. The molecule has 0 unspecified atom stereocenters. The smallest absolute Gasteiger partial charge is 0.340 e. The number of aliphatic hydroxyl groups excluding tert-OH is 1. The number of aryl methyl sites for hydroxylation is 2. The van der Waals surface area contributed by atoms with E-state index < -0.39 is 5.97 Å². The number of nitrogens with zero attached hydrogens (tertiary/aromatic N) is 2. The van der Waals surface area contributed by atoms with Crippen LogP contribution in [0.5, 0.6) is 0 Å². The van der Waals surface area contributed by atoms with Gasteiger partial charge in [0.15, 0.2) is 10.9 Å². The van der Waals surface area contributed by atoms with E-state index in [-0.39, 0.29) is 11.7 Å². The van der Waals surface area contributed by atoms with Crippen molar-refractivity contribution in [2.24, 2.45) is 0 Å². The second kappa shape index (κ2) is 10.2. The van der Waals surface area contributed by atoms with Gasteiger partial charge >= 0.3 is 5.97 Å². The lowest BCUT2D eigenvalue weighted by molar-refractivity contribution is 0.0602. The highest BCUT2D eigenvalue weighted by atomic mass is 35.5. The second-order valence-electron chi connectivity index (χ2n) is 5.86. The molecule has 150 valence electrons. The molecule has 1 heterocycles. The molecule has 0 bridgehead atoms. The van der Waals surface area contributed by atoms with E-state index >= 15 is 0 Å². The minimum absolute atomic E-state index is 0.00915. The maximum atomic E-state index is 12.1. The van der Waals surface area contributed by atoms with Crippen LogP contribution in [0.2, 0.25) is 5.02 Å². The molecule has 0 aliphatic rings. The Morgan fingerprint density at radius 3 is 2.68 bits per heavy atom. The van der Waals surface area contributed by atoms with Crippen molar-refractivity contribution in [2.45, 2.75) is 20.3 Å². The molecule has 0 aliphatic heterocycles. The van der Waals surface area contributed by atoms with Gasteiger partial charge in [-0.2, -0.15) is 0 Å². The molecule has 0 atom stereocenters. The molecule has 0 radical (unpaired) electrons. The molecule has 0 fully saturated rings. The largest absolute Gasteiger partial charge is 0.465 e. The number of halogens is 1. The first-order valence-electron chi connectivity index (χ1n) is 8.51. The standard InChI is InChI=1S/C18H22ClN5O3S/c1-10-9-21-16(11(2)22-10)24-18(28)23-15-13(19)6-5-12(17(26)27-3)14(15)20-7-4-8-25/h5-6,9,20,25H,4,7-8H2,1-3H3,(H2,21,23,24,28). The molecule has 0 aliphatic carbocycles. The van der Waals surface area contributed by atoms with E-state index in [0.717, 1.165) is 5.69 Å². The van der Waals surface area contributed by atoms with Crippen molar-refractivity contribution in [3.8, 4) is 0 Å². The molecule has 0 saturated heterocycles. The number of carbonyl (C=O) groups excluding carboxylic acids is 1. The van der Waals surface area contributed by atoms with Gasteiger partial charge in [-0.3, -0.25) is 4.98 Å². The van der Waals surface area contributed by atoms with Gasteiger partial charge in [-0.1, -0.05) is 11.6 Å². The number of carbonyl (C=O) groups is 1. The fourth-order valence-electron chi connectivity index (χ4n) is 2.43. The van der Waals surface area contributed by atoms with Crippen molar-refractivity contribution in [1.82, 2.24) is 9.97 Å². The number of nitrogens with one attached hydrogen (secondary N) is 3. The fraction of sp³-hybridized carbons (Fsp3) is 0.333. The van der Waals surface area contributed by atoms with Gasteiger partial charge in [-0.05, 0) is 44.6 Å². The summed E-state index contributed by atoms with van der Waals surface area (Å²) in [5, 5.41) is 18.7. The van der Waals surface area contributed by atoms with E-state index in [0.29, 0.717) is 46.4 Å². The Hall–Kier alpha value is -2.49. The van der Waals surface area contributed by atoms with Crippen molar-refractivity contribution < 1.29 is 14.6 Å². The fourth-order valence-corrected chi connectivity index (χ4v) is 2.83. The van der Waals surface area contributed by atoms with E-state index in [1.807, 2.05) is 13.8 Å². The van der Waals surface area contributed by atoms with Crippen LogP contribution in [0.25, 0.3) is 0 Å². The zero-order valence-electron chi connectivity index (χ0n) is 15.8. The Kier molecular flexibility index (Phi) is 7.91. The van der Waals surface area contributed by atoms with Crippen LogP contribution in [0.15, 0.2) is 18.3 Å². The molecule has 10 heteroatoms. The number of rotatable bonds is 7. The van der Waals surface area contributed by atoms with E-state index in [9.17, 15) is 4.79 Å². The summed E-state index contributed by atoms with van der Waals surface area (Å²) < 4.78 is 4.84. The Morgan fingerprint density at radius 1 is 1.29 bits per heavy atom. The molecule has 0 amide bonds. The van der Waals surface area contributed by atoms with Gasteiger partial charge in [-0.25, -0.2) is 9.78 Å². The minimum atomic E-state index is -0.523. The van der Waals surface area contributed by atoms with Crippen LogP contribution in [0, 0.1) is 13.8 Å². The van der Waals surface area contributed by atoms with Crippen LogP contribution >= 0.6 is 23.8 Å². The summed E-state index contributed by atoms with van der Waals surface area (Å²) >= 11 is 11.7. The number of aliphatic hydroxyl groups is 1. The van der Waals surface area contributed by atoms with Gasteiger partial charge in [0, 0.05) is 13.2 Å². The molecule has 1 aromatic carbocycles. The highest BCUT2D eigenvalue weighted by molar-refractivity contribution is 7.80. The number of esters is 1. The van der Waals surface area contributed by atoms with Crippen LogP contribution in [0.3, 0.4) is 0 Å². The molecular formula is C18H22ClN5O3S. The number of anilines is 3. The quantitative estimate of drug-likeness (QED) is 0.303. The first kappa shape index (κ1) is 21.8. The summed E-state index contributed by atoms with van der Waals surface area (Å²) in [5.41, 5.74) is 2.63. The summed E-state index contributed by atoms with van der Waals surface area (Å²) in [4.78, 5) is 20.7. The maximum Gasteiger partial charge on any atom is 0.340 e. The van der Waals surface area contributed by atoms with Gasteiger partial charge in [-0.15, -0.1) is 0 Å². The third-order valence-electron chi connectivity index (χ3n) is 3.73. The predicted octanol–water partition coefficient (Wildman–Crippen LogP) is 3.14. The topological polar surface area (TPSA) is 108 Å². The van der Waals surface area contributed by atoms with Crippen LogP contribution in [-0.2, 0) is 4.74 Å². The number of hydrogen-bond donors (Lipinski definition) is 4. The van der Waals surface area contributed by atoms with Gasteiger partial charge in [0.25, 0.3) is 0 Å². The molecule has 8 nitrogen and oxygen atoms in total. The van der Waals surface area contributed by atoms with Crippen molar-refractivity contribution in [2.75, 3.05) is 36.2 Å². The van der Waals surface area contributed by atoms with Crippen molar-refractivity contribution in [3.63, 3.8) is 0 Å². The zero-order chi connectivity index (χ0) is 20.7. The first-order chi connectivity index (χ1) is 13.4. The predicted molar refractivity (Wildman–Crippen MR) is 114 cm³/mol. The first-order valence-corrected chi connectivity index (χ1v) is 9.29. The molecule has 2 aromatic rings. The average Bonchev–Trinajstić information content (AvgIpc) is 2.66. The highest BCUT2D eigenvalue weighted by Gasteiger charge is 2.19. The number of hydrogen-bond acceptors (Lipinski definition) is 7. The monoisotopic (exact) mass is 423 g/mol. The number of aromatic nitrogens is 2. The van der Waals surface area contributed by atoms with E-state index in [1.165, 1.54) is 7.11 Å². The SMILES string of the molecule is COC(=O)c1ccc(Cl)c(NC(=S)Nc2ncc(C)nc2C)c1NCCCO. The molecule has 4 N–H and O–H groups in total. The molecule has 0 saturated carbocycles. The van der Waals surface area contributed by atoms with Crippen molar-refractivity contribution in [1.29, 1.82) is 0 Å². The normalized spacial score (nSPS) is 10.3. The summed E-state index contributed by atoms with van der Waals surface area (Å²) in [6.45, 7) is 4.11. The minimum Gasteiger partial charge on any atom is -0.465 e. The van der Waals surface area contributed by atoms with Crippen molar-refractivity contribution in [3.05, 3.63) is 40.3 Å². The summed E-state index contributed by atoms with van der Waals surface area (Å²) in [6.07, 6.45) is 2.12. The maximum absolute atomic E-state index is 12.1. The number of benzene rings is 1. The van der Waals surface area contributed by atoms with Crippen molar-refractivity contribution >= 4 is 52.1 Å². The van der Waals surface area contributed by atoms with E-state index in [4.69, 9.17) is 33.7 Å². The zero-order valence-corrected chi connectivity index (χ0v) is 17.4. The van der Waals surface area contributed by atoms with Crippen LogP contribution < -0.4 is 16.0 Å². The Bertz CT molecular complexity index is 879. The highest BCUT2D eigenvalue weighted by Crippen LogP contribution is 2.34. The van der Waals surface area contributed by atoms with Crippen LogP contribution in [0.1, 0.15) is 28.2 Å². The van der Waals surface area contributed by atoms with Crippen LogP contribution in [-0.4, -0.2) is 46.4 Å².